The highest BCUT2D eigenvalue weighted by molar-refractivity contribution is 6.26. The predicted octanol–water partition coefficient (Wildman–Crippen LogP) is 3.07. The van der Waals surface area contributed by atoms with Gasteiger partial charge in [0.25, 0.3) is 5.70 Å². The van der Waals surface area contributed by atoms with Gasteiger partial charge in [-0.1, -0.05) is 32.0 Å². The van der Waals surface area contributed by atoms with E-state index in [1.165, 1.54) is 12.2 Å². The molecule has 0 radical (unpaired) electrons. The first-order chi connectivity index (χ1) is 13.2. The van der Waals surface area contributed by atoms with Crippen molar-refractivity contribution in [2.75, 3.05) is 19.1 Å². The third kappa shape index (κ3) is 3.05. The Bertz CT molecular complexity index is 1010. The first-order valence-electron chi connectivity index (χ1n) is 8.65. The van der Waals surface area contributed by atoms with Crippen LogP contribution in [0.3, 0.4) is 0 Å². The molecule has 144 valence electrons. The number of nitro groups is 1. The molecule has 7 nitrogen and oxygen atoms in total. The van der Waals surface area contributed by atoms with Crippen molar-refractivity contribution in [3.63, 3.8) is 0 Å². The Balaban J connectivity index is 2.06. The van der Waals surface area contributed by atoms with Gasteiger partial charge in [0, 0.05) is 41.6 Å². The molecule has 0 atom stereocenters. The van der Waals surface area contributed by atoms with Crippen molar-refractivity contribution in [2.45, 2.75) is 19.3 Å². The summed E-state index contributed by atoms with van der Waals surface area (Å²) in [7, 11) is 3.05. The topological polar surface area (TPSA) is 89.8 Å². The molecule has 1 aliphatic carbocycles. The number of anilines is 1. The minimum absolute atomic E-state index is 0.0576. The number of fused-ring (bicyclic) bond motifs is 1. The van der Waals surface area contributed by atoms with Crippen molar-refractivity contribution in [3.05, 3.63) is 86.8 Å². The number of para-hydroxylation sites is 1. The van der Waals surface area contributed by atoms with Crippen LogP contribution in [0.1, 0.15) is 19.4 Å². The number of likely N-dealkylation sites (N-methyl/N-ethyl adjacent to an activating group) is 1. The predicted molar refractivity (Wildman–Crippen MR) is 104 cm³/mol. The molecule has 1 heterocycles. The third-order valence-corrected chi connectivity index (χ3v) is 5.08. The number of ether oxygens (including phenoxy) is 1. The third-order valence-electron chi connectivity index (χ3n) is 5.08. The lowest BCUT2D eigenvalue weighted by atomic mass is 9.83. The van der Waals surface area contributed by atoms with Crippen molar-refractivity contribution in [1.29, 1.82) is 0 Å². The summed E-state index contributed by atoms with van der Waals surface area (Å²) < 4.78 is 4.58. The van der Waals surface area contributed by atoms with Crippen molar-refractivity contribution in [3.8, 4) is 0 Å². The standard InChI is InChI=1S/C21H20N2O5/c1-21(2)16-7-5-6-8-17(16)22(3)18(21)10-9-13-11-14(23(26)27)12-15(19(13)24)20(25)28-4/h5-12H,1-4H3/b13-9-,18-10-. The smallest absolute Gasteiger partial charge is 0.342 e. The number of nitrogens with zero attached hydrogens (tertiary/aromatic N) is 2. The molecule has 0 amide bonds. The monoisotopic (exact) mass is 380 g/mol. The number of hydrogen-bond donors (Lipinski definition) is 0. The Hall–Kier alpha value is -3.48. The van der Waals surface area contributed by atoms with E-state index < -0.39 is 16.7 Å². The van der Waals surface area contributed by atoms with Crippen LogP contribution in [0.15, 0.2) is 71.1 Å². The van der Waals surface area contributed by atoms with Gasteiger partial charge in [-0.3, -0.25) is 14.9 Å². The molecule has 0 aromatic heterocycles. The number of Topliss-reactive ketones (excluding diaryl/α,β-unsaturated/α-hetero) is 1. The van der Waals surface area contributed by atoms with Gasteiger partial charge in [-0.25, -0.2) is 4.79 Å². The molecule has 1 aliphatic heterocycles. The Kier molecular flexibility index (Phi) is 4.77. The largest absolute Gasteiger partial charge is 0.465 e. The number of methoxy groups -OCH3 is 1. The van der Waals surface area contributed by atoms with Crippen molar-refractivity contribution >= 4 is 17.4 Å². The zero-order chi connectivity index (χ0) is 20.6. The van der Waals surface area contributed by atoms with Gasteiger partial charge < -0.3 is 9.64 Å². The number of benzene rings is 1. The number of esters is 1. The van der Waals surface area contributed by atoms with Gasteiger partial charge in [-0.05, 0) is 23.8 Å². The summed E-state index contributed by atoms with van der Waals surface area (Å²) in [5, 5.41) is 11.2. The van der Waals surface area contributed by atoms with E-state index in [1.807, 2.05) is 30.1 Å². The highest BCUT2D eigenvalue weighted by atomic mass is 16.6. The lowest BCUT2D eigenvalue weighted by Crippen LogP contribution is -2.23. The maximum atomic E-state index is 12.6. The van der Waals surface area contributed by atoms with Gasteiger partial charge in [0.2, 0.25) is 5.78 Å². The fourth-order valence-electron chi connectivity index (χ4n) is 3.60. The summed E-state index contributed by atoms with van der Waals surface area (Å²) in [4.78, 5) is 37.0. The Morgan fingerprint density at radius 2 is 1.89 bits per heavy atom. The Morgan fingerprint density at radius 3 is 2.50 bits per heavy atom. The molecule has 0 bridgehead atoms. The molecule has 0 unspecified atom stereocenters. The molecule has 0 spiro atoms. The summed E-state index contributed by atoms with van der Waals surface area (Å²) >= 11 is 0. The maximum Gasteiger partial charge on any atom is 0.342 e. The number of carbonyl (C=O) groups excluding carboxylic acids is 2. The van der Waals surface area contributed by atoms with Crippen LogP contribution in [0.2, 0.25) is 0 Å². The van der Waals surface area contributed by atoms with Crippen molar-refractivity contribution in [2.24, 2.45) is 0 Å². The first-order valence-corrected chi connectivity index (χ1v) is 8.65. The minimum Gasteiger partial charge on any atom is -0.465 e. The average Bonchev–Trinajstić information content (AvgIpc) is 2.86. The molecule has 0 fully saturated rings. The Labute approximate surface area is 162 Å². The van der Waals surface area contributed by atoms with Crippen molar-refractivity contribution < 1.29 is 19.2 Å². The van der Waals surface area contributed by atoms with Crippen LogP contribution in [0.4, 0.5) is 5.69 Å². The van der Waals surface area contributed by atoms with E-state index >= 15 is 0 Å². The molecular formula is C21H20N2O5. The molecular weight excluding hydrogens is 360 g/mol. The number of ketones is 1. The number of carbonyl (C=O) groups is 2. The molecule has 0 saturated heterocycles. The lowest BCUT2D eigenvalue weighted by Gasteiger charge is -2.23. The van der Waals surface area contributed by atoms with Crippen LogP contribution in [0.25, 0.3) is 0 Å². The van der Waals surface area contributed by atoms with Gasteiger partial charge in [0.1, 0.15) is 5.57 Å². The van der Waals surface area contributed by atoms with Gasteiger partial charge >= 0.3 is 5.97 Å². The quantitative estimate of drug-likeness (QED) is 0.263. The van der Waals surface area contributed by atoms with Gasteiger partial charge in [-0.2, -0.15) is 0 Å². The highest BCUT2D eigenvalue weighted by Crippen LogP contribution is 2.46. The zero-order valence-corrected chi connectivity index (χ0v) is 16.1. The van der Waals surface area contributed by atoms with E-state index in [-0.39, 0.29) is 22.3 Å². The highest BCUT2D eigenvalue weighted by Gasteiger charge is 2.38. The van der Waals surface area contributed by atoms with E-state index in [0.29, 0.717) is 0 Å². The number of hydrogen-bond acceptors (Lipinski definition) is 6. The summed E-state index contributed by atoms with van der Waals surface area (Å²) in [6.45, 7) is 4.14. The van der Waals surface area contributed by atoms with Crippen LogP contribution in [0.5, 0.6) is 0 Å². The van der Waals surface area contributed by atoms with E-state index in [2.05, 4.69) is 24.7 Å². The zero-order valence-electron chi connectivity index (χ0n) is 16.1. The van der Waals surface area contributed by atoms with Crippen LogP contribution in [0, 0.1) is 10.1 Å². The lowest BCUT2D eigenvalue weighted by molar-refractivity contribution is -0.419. The molecule has 0 saturated carbocycles. The maximum absolute atomic E-state index is 12.6. The van der Waals surface area contributed by atoms with E-state index in [1.54, 1.807) is 6.08 Å². The average molecular weight is 380 g/mol. The van der Waals surface area contributed by atoms with Crippen molar-refractivity contribution in [1.82, 2.24) is 0 Å². The SMILES string of the molecule is COC(=O)C1=CC([N+](=O)[O-])=C/C(=C/C=C2\N(C)c3ccccc3C2(C)C)C1=O. The van der Waals surface area contributed by atoms with Gasteiger partial charge in [0.15, 0.2) is 0 Å². The first kappa shape index (κ1) is 19.3. The van der Waals surface area contributed by atoms with Crippen LogP contribution < -0.4 is 4.90 Å². The van der Waals surface area contributed by atoms with E-state index in [9.17, 15) is 19.7 Å². The molecule has 2 aliphatic rings. The van der Waals surface area contributed by atoms with Crippen LogP contribution in [-0.2, 0) is 19.7 Å². The summed E-state index contributed by atoms with van der Waals surface area (Å²) in [5.41, 5.74) is 2.19. The second kappa shape index (κ2) is 6.92. The normalized spacial score (nSPS) is 20.7. The second-order valence-electron chi connectivity index (χ2n) is 7.08. The fraction of sp³-hybridized carbons (Fsp3) is 0.238. The molecule has 7 heteroatoms. The second-order valence-corrected chi connectivity index (χ2v) is 7.08. The number of allylic oxidation sites excluding steroid dienone is 6. The molecule has 1 aromatic carbocycles. The molecule has 1 aromatic rings. The minimum atomic E-state index is -0.901. The fourth-order valence-corrected chi connectivity index (χ4v) is 3.60. The summed E-state index contributed by atoms with van der Waals surface area (Å²) in [6.07, 6.45) is 5.39. The van der Waals surface area contributed by atoms with Crippen LogP contribution >= 0.6 is 0 Å². The van der Waals surface area contributed by atoms with E-state index in [0.717, 1.165) is 30.1 Å². The summed E-state index contributed by atoms with van der Waals surface area (Å²) in [6, 6.07) is 7.99. The molecule has 3 rings (SSSR count). The molecule has 0 N–H and O–H groups in total. The van der Waals surface area contributed by atoms with Crippen LogP contribution in [-0.4, -0.2) is 30.8 Å². The van der Waals surface area contributed by atoms with Gasteiger partial charge in [-0.15, -0.1) is 0 Å². The number of rotatable bonds is 3. The Morgan fingerprint density at radius 1 is 1.21 bits per heavy atom. The van der Waals surface area contributed by atoms with Gasteiger partial charge in [0.05, 0.1) is 12.0 Å². The molecule has 28 heavy (non-hydrogen) atoms. The summed E-state index contributed by atoms with van der Waals surface area (Å²) in [5.74, 6) is -1.51. The van der Waals surface area contributed by atoms with E-state index in [4.69, 9.17) is 0 Å².